The molecular formula is C19H18FN3O4S. The number of fused-ring (bicyclic) bond motifs is 1. The number of ether oxygens (including phenoxy) is 1. The van der Waals surface area contributed by atoms with Crippen LogP contribution in [0.3, 0.4) is 0 Å². The second-order valence-electron chi connectivity index (χ2n) is 7.07. The van der Waals surface area contributed by atoms with Gasteiger partial charge in [-0.2, -0.15) is 4.98 Å². The second kappa shape index (κ2) is 6.97. The van der Waals surface area contributed by atoms with Gasteiger partial charge >= 0.3 is 5.97 Å². The molecule has 0 atom stereocenters. The lowest BCUT2D eigenvalue weighted by Crippen LogP contribution is -2.20. The Kier molecular flexibility index (Phi) is 4.62. The molecule has 0 amide bonds. The molecule has 1 saturated carbocycles. The number of carbonyl (C=O) groups is 1. The molecule has 1 N–H and O–H groups in total. The maximum absolute atomic E-state index is 14.5. The van der Waals surface area contributed by atoms with E-state index in [2.05, 4.69) is 9.97 Å². The molecule has 0 unspecified atom stereocenters. The van der Waals surface area contributed by atoms with Crippen molar-refractivity contribution in [1.82, 2.24) is 14.5 Å². The third kappa shape index (κ3) is 3.37. The summed E-state index contributed by atoms with van der Waals surface area (Å²) in [5, 5.41) is 11.8. The van der Waals surface area contributed by atoms with Gasteiger partial charge in [0.1, 0.15) is 22.8 Å². The lowest BCUT2D eigenvalue weighted by Gasteiger charge is -2.12. The minimum Gasteiger partial charge on any atom is -0.477 e. The van der Waals surface area contributed by atoms with Crippen LogP contribution in [0.25, 0.3) is 11.0 Å². The maximum atomic E-state index is 14.5. The molecule has 0 saturated heterocycles. The van der Waals surface area contributed by atoms with Crippen LogP contribution in [-0.4, -0.2) is 25.6 Å². The van der Waals surface area contributed by atoms with Crippen molar-refractivity contribution in [3.8, 4) is 5.88 Å². The van der Waals surface area contributed by atoms with Gasteiger partial charge in [-0.15, -0.1) is 11.3 Å². The van der Waals surface area contributed by atoms with Gasteiger partial charge in [0.25, 0.3) is 5.88 Å². The van der Waals surface area contributed by atoms with E-state index < -0.39 is 22.8 Å². The molecule has 1 fully saturated rings. The van der Waals surface area contributed by atoms with Crippen LogP contribution in [0.4, 0.5) is 4.39 Å². The molecule has 1 aliphatic carbocycles. The van der Waals surface area contributed by atoms with Crippen molar-refractivity contribution in [1.29, 1.82) is 0 Å². The Morgan fingerprint density at radius 3 is 2.79 bits per heavy atom. The zero-order valence-corrected chi connectivity index (χ0v) is 16.1. The van der Waals surface area contributed by atoms with E-state index in [1.165, 1.54) is 17.5 Å². The number of carboxylic acid groups (broad SMARTS) is 1. The molecule has 0 spiro atoms. The molecule has 3 heterocycles. The number of pyridine rings is 2. The van der Waals surface area contributed by atoms with Crippen LogP contribution in [0.2, 0.25) is 0 Å². The van der Waals surface area contributed by atoms with E-state index in [1.807, 2.05) is 19.2 Å². The van der Waals surface area contributed by atoms with Gasteiger partial charge < -0.3 is 14.4 Å². The minimum atomic E-state index is -1.34. The predicted octanol–water partition coefficient (Wildman–Crippen LogP) is 3.73. The lowest BCUT2D eigenvalue weighted by atomic mass is 10.2. The molecule has 1 aliphatic rings. The van der Waals surface area contributed by atoms with Gasteiger partial charge in [0.2, 0.25) is 5.43 Å². The summed E-state index contributed by atoms with van der Waals surface area (Å²) >= 11 is 1.43. The number of aromatic nitrogens is 3. The van der Waals surface area contributed by atoms with Crippen molar-refractivity contribution in [3.05, 3.63) is 49.9 Å². The molecule has 28 heavy (non-hydrogen) atoms. The number of nitrogens with zero attached hydrogens (tertiary/aromatic N) is 3. The highest BCUT2D eigenvalue weighted by Crippen LogP contribution is 2.37. The molecule has 0 aromatic carbocycles. The number of halogens is 1. The SMILES string of the molecule is CC(C)c1csc(COc2nc3c(cc2F)c(=O)c(C(=O)O)cn3C2CC2)n1. The van der Waals surface area contributed by atoms with Gasteiger partial charge in [-0.1, -0.05) is 13.8 Å². The standard InChI is InChI=1S/C19H18FN3O4S/c1-9(2)14-8-28-15(21-14)7-27-18-13(20)5-11-16(24)12(19(25)26)6-23(10-3-4-10)17(11)22-18/h5-6,8-10H,3-4,7H2,1-2H3,(H,25,26). The monoisotopic (exact) mass is 403 g/mol. The van der Waals surface area contributed by atoms with Crippen LogP contribution in [0.5, 0.6) is 5.88 Å². The van der Waals surface area contributed by atoms with E-state index in [4.69, 9.17) is 4.74 Å². The fraction of sp³-hybridized carbons (Fsp3) is 0.368. The number of rotatable bonds is 6. The normalized spacial score (nSPS) is 14.0. The minimum absolute atomic E-state index is 0.0552. The van der Waals surface area contributed by atoms with E-state index in [0.29, 0.717) is 5.01 Å². The zero-order chi connectivity index (χ0) is 20.0. The Morgan fingerprint density at radius 1 is 1.43 bits per heavy atom. The van der Waals surface area contributed by atoms with Crippen molar-refractivity contribution < 1.29 is 19.0 Å². The van der Waals surface area contributed by atoms with Crippen LogP contribution in [-0.2, 0) is 6.61 Å². The largest absolute Gasteiger partial charge is 0.477 e. The molecule has 0 aliphatic heterocycles. The van der Waals surface area contributed by atoms with Crippen LogP contribution in [0.1, 0.15) is 59.7 Å². The molecule has 4 rings (SSSR count). The molecule has 9 heteroatoms. The third-order valence-corrected chi connectivity index (χ3v) is 5.43. The van der Waals surface area contributed by atoms with Crippen molar-refractivity contribution >= 4 is 28.3 Å². The lowest BCUT2D eigenvalue weighted by molar-refractivity contribution is 0.0695. The highest BCUT2D eigenvalue weighted by Gasteiger charge is 2.28. The highest BCUT2D eigenvalue weighted by atomic mass is 32.1. The quantitative estimate of drug-likeness (QED) is 0.674. The van der Waals surface area contributed by atoms with E-state index in [-0.39, 0.29) is 35.5 Å². The Hall–Kier alpha value is -2.81. The first-order valence-corrected chi connectivity index (χ1v) is 9.79. The number of carboxylic acids is 1. The summed E-state index contributed by atoms with van der Waals surface area (Å²) in [7, 11) is 0. The van der Waals surface area contributed by atoms with Crippen molar-refractivity contribution in [3.63, 3.8) is 0 Å². The third-order valence-electron chi connectivity index (χ3n) is 4.59. The van der Waals surface area contributed by atoms with Gasteiger partial charge in [-0.3, -0.25) is 4.79 Å². The first-order chi connectivity index (χ1) is 13.3. The molecule has 7 nitrogen and oxygen atoms in total. The second-order valence-corrected chi connectivity index (χ2v) is 8.01. The van der Waals surface area contributed by atoms with E-state index >= 15 is 0 Å². The van der Waals surface area contributed by atoms with Gasteiger partial charge in [0.05, 0.1) is 11.1 Å². The van der Waals surface area contributed by atoms with Crippen LogP contribution in [0, 0.1) is 5.82 Å². The predicted molar refractivity (Wildman–Crippen MR) is 102 cm³/mol. The van der Waals surface area contributed by atoms with Crippen LogP contribution >= 0.6 is 11.3 Å². The molecule has 0 radical (unpaired) electrons. The zero-order valence-electron chi connectivity index (χ0n) is 15.3. The van der Waals surface area contributed by atoms with E-state index in [9.17, 15) is 19.1 Å². The van der Waals surface area contributed by atoms with E-state index in [0.717, 1.165) is 24.6 Å². The summed E-state index contributed by atoms with van der Waals surface area (Å²) in [5.74, 6) is -2.09. The molecule has 146 valence electrons. The van der Waals surface area contributed by atoms with Gasteiger partial charge in [0.15, 0.2) is 5.82 Å². The molecule has 0 bridgehead atoms. The summed E-state index contributed by atoms with van der Waals surface area (Å²) in [4.78, 5) is 32.4. The van der Waals surface area contributed by atoms with E-state index in [1.54, 1.807) is 4.57 Å². The van der Waals surface area contributed by atoms with Crippen LogP contribution < -0.4 is 10.2 Å². The summed E-state index contributed by atoms with van der Waals surface area (Å²) < 4.78 is 21.7. The van der Waals surface area contributed by atoms with Crippen molar-refractivity contribution in [2.24, 2.45) is 0 Å². The average Bonchev–Trinajstić information content (AvgIpc) is 3.37. The first-order valence-electron chi connectivity index (χ1n) is 8.91. The number of thiazole rings is 1. The topological polar surface area (TPSA) is 94.3 Å². The molecular weight excluding hydrogens is 385 g/mol. The Balaban J connectivity index is 1.72. The Labute approximate surface area is 163 Å². The number of aromatic carboxylic acids is 1. The van der Waals surface area contributed by atoms with Gasteiger partial charge in [0, 0.05) is 17.6 Å². The maximum Gasteiger partial charge on any atom is 0.341 e. The Morgan fingerprint density at radius 2 is 2.18 bits per heavy atom. The molecule has 3 aromatic rings. The first kappa shape index (κ1) is 18.5. The summed E-state index contributed by atoms with van der Waals surface area (Å²) in [5.41, 5.74) is 0.0346. The Bertz CT molecular complexity index is 1130. The van der Waals surface area contributed by atoms with Crippen molar-refractivity contribution in [2.45, 2.75) is 45.3 Å². The van der Waals surface area contributed by atoms with Gasteiger partial charge in [-0.05, 0) is 24.8 Å². The fourth-order valence-corrected chi connectivity index (χ4v) is 3.77. The highest BCUT2D eigenvalue weighted by molar-refractivity contribution is 7.09. The number of hydrogen-bond donors (Lipinski definition) is 1. The summed E-state index contributed by atoms with van der Waals surface area (Å²) in [6.07, 6.45) is 2.99. The summed E-state index contributed by atoms with van der Waals surface area (Å²) in [6.45, 7) is 4.13. The smallest absolute Gasteiger partial charge is 0.341 e. The average molecular weight is 403 g/mol. The van der Waals surface area contributed by atoms with Crippen molar-refractivity contribution in [2.75, 3.05) is 0 Å². The number of hydrogen-bond acceptors (Lipinski definition) is 6. The van der Waals surface area contributed by atoms with Gasteiger partial charge in [-0.25, -0.2) is 14.2 Å². The molecule has 3 aromatic heterocycles. The summed E-state index contributed by atoms with van der Waals surface area (Å²) in [6, 6.07) is 1.06. The van der Waals surface area contributed by atoms with Crippen LogP contribution in [0.15, 0.2) is 22.4 Å². The fourth-order valence-electron chi connectivity index (χ4n) is 2.90.